The van der Waals surface area contributed by atoms with Gasteiger partial charge in [0.2, 0.25) is 11.8 Å². The predicted octanol–water partition coefficient (Wildman–Crippen LogP) is 0.962. The molecule has 6 heteroatoms. The highest BCUT2D eigenvalue weighted by atomic mass is 16.2. The van der Waals surface area contributed by atoms with E-state index in [0.717, 1.165) is 12.8 Å². The molecule has 112 valence electrons. The van der Waals surface area contributed by atoms with Gasteiger partial charge in [-0.05, 0) is 37.8 Å². The molecule has 0 atom stereocenters. The third-order valence-corrected chi connectivity index (χ3v) is 4.18. The van der Waals surface area contributed by atoms with Crippen molar-refractivity contribution in [3.63, 3.8) is 0 Å². The van der Waals surface area contributed by atoms with Gasteiger partial charge in [0.25, 0.3) is 5.56 Å². The van der Waals surface area contributed by atoms with E-state index in [9.17, 15) is 14.4 Å². The molecular weight excluding hydrogens is 270 g/mol. The lowest BCUT2D eigenvalue weighted by Gasteiger charge is -2.31. The van der Waals surface area contributed by atoms with Crippen LogP contribution in [0.5, 0.6) is 0 Å². The Kier molecular flexibility index (Phi) is 3.77. The van der Waals surface area contributed by atoms with Gasteiger partial charge in [-0.15, -0.1) is 0 Å². The fraction of sp³-hybridized carbons (Fsp3) is 0.533. The zero-order valence-corrected chi connectivity index (χ0v) is 11.8. The highest BCUT2D eigenvalue weighted by Gasteiger charge is 2.35. The number of amides is 2. The number of carbonyl (C=O) groups is 2. The number of carbonyl (C=O) groups excluding carboxylic acids is 2. The van der Waals surface area contributed by atoms with Crippen molar-refractivity contribution in [2.24, 2.45) is 11.8 Å². The third-order valence-electron chi connectivity index (χ3n) is 4.18. The summed E-state index contributed by atoms with van der Waals surface area (Å²) in [6.07, 6.45) is 4.87. The molecule has 2 heterocycles. The van der Waals surface area contributed by atoms with Crippen LogP contribution in [0.2, 0.25) is 0 Å². The molecule has 21 heavy (non-hydrogen) atoms. The van der Waals surface area contributed by atoms with Crippen LogP contribution < -0.4 is 10.9 Å². The number of hydrogen-bond acceptors (Lipinski definition) is 3. The average Bonchev–Trinajstić information content (AvgIpc) is 3.34. The van der Waals surface area contributed by atoms with Gasteiger partial charge in [0.15, 0.2) is 0 Å². The minimum atomic E-state index is -0.299. The second kappa shape index (κ2) is 5.71. The van der Waals surface area contributed by atoms with Crippen molar-refractivity contribution in [2.45, 2.75) is 25.7 Å². The molecule has 0 aromatic carbocycles. The number of nitrogens with one attached hydrogen (secondary N) is 2. The van der Waals surface area contributed by atoms with Crippen LogP contribution in [0, 0.1) is 11.8 Å². The first-order valence-electron chi connectivity index (χ1n) is 7.42. The number of pyridine rings is 1. The number of nitrogens with zero attached hydrogens (tertiary/aromatic N) is 1. The van der Waals surface area contributed by atoms with Crippen LogP contribution in [0.15, 0.2) is 23.1 Å². The van der Waals surface area contributed by atoms with E-state index >= 15 is 0 Å². The Morgan fingerprint density at radius 1 is 1.14 bits per heavy atom. The van der Waals surface area contributed by atoms with E-state index in [1.807, 2.05) is 4.90 Å². The van der Waals surface area contributed by atoms with Crippen LogP contribution in [0.3, 0.4) is 0 Å². The number of anilines is 1. The second-order valence-electron chi connectivity index (χ2n) is 5.78. The van der Waals surface area contributed by atoms with Crippen molar-refractivity contribution in [2.75, 3.05) is 18.4 Å². The lowest BCUT2D eigenvalue weighted by atomic mass is 9.95. The Hall–Kier alpha value is -2.11. The summed E-state index contributed by atoms with van der Waals surface area (Å²) in [7, 11) is 0. The fourth-order valence-corrected chi connectivity index (χ4v) is 2.71. The number of likely N-dealkylation sites (tertiary alicyclic amines) is 1. The standard InChI is InChI=1S/C15H19N3O3/c19-13(17-12-2-1-7-16-14(12)20)10-5-8-18(9-6-10)15(21)11-3-4-11/h1-2,7,10-11H,3-6,8-9H2,(H,16,20)(H,17,19). The molecule has 1 saturated carbocycles. The third kappa shape index (κ3) is 3.15. The van der Waals surface area contributed by atoms with Gasteiger partial charge in [-0.1, -0.05) is 0 Å². The molecule has 1 aromatic heterocycles. The molecule has 1 aliphatic heterocycles. The Balaban J connectivity index is 1.54. The van der Waals surface area contributed by atoms with Crippen LogP contribution >= 0.6 is 0 Å². The average molecular weight is 289 g/mol. The summed E-state index contributed by atoms with van der Waals surface area (Å²) in [5, 5.41) is 2.67. The molecule has 2 fully saturated rings. The number of piperidine rings is 1. The number of rotatable bonds is 3. The van der Waals surface area contributed by atoms with Crippen LogP contribution in [0.4, 0.5) is 5.69 Å². The molecule has 1 saturated heterocycles. The van der Waals surface area contributed by atoms with Crippen molar-refractivity contribution in [1.29, 1.82) is 0 Å². The van der Waals surface area contributed by atoms with Crippen molar-refractivity contribution >= 4 is 17.5 Å². The molecule has 1 aliphatic carbocycles. The first-order chi connectivity index (χ1) is 10.1. The van der Waals surface area contributed by atoms with E-state index in [1.165, 1.54) is 6.20 Å². The number of aromatic amines is 1. The molecule has 0 unspecified atom stereocenters. The monoisotopic (exact) mass is 289 g/mol. The van der Waals surface area contributed by atoms with Gasteiger partial charge in [0, 0.05) is 31.1 Å². The zero-order valence-electron chi connectivity index (χ0n) is 11.8. The molecule has 2 aliphatic rings. The summed E-state index contributed by atoms with van der Waals surface area (Å²) in [5.74, 6) is 0.213. The van der Waals surface area contributed by atoms with Gasteiger partial charge in [0.05, 0.1) is 0 Å². The van der Waals surface area contributed by atoms with Gasteiger partial charge in [-0.2, -0.15) is 0 Å². The van der Waals surface area contributed by atoms with Crippen LogP contribution in [-0.4, -0.2) is 34.8 Å². The van der Waals surface area contributed by atoms with Crippen LogP contribution in [0.25, 0.3) is 0 Å². The quantitative estimate of drug-likeness (QED) is 0.869. The van der Waals surface area contributed by atoms with Gasteiger partial charge >= 0.3 is 0 Å². The summed E-state index contributed by atoms with van der Waals surface area (Å²) in [6.45, 7) is 1.27. The van der Waals surface area contributed by atoms with E-state index in [0.29, 0.717) is 25.9 Å². The van der Waals surface area contributed by atoms with E-state index in [1.54, 1.807) is 12.1 Å². The maximum atomic E-state index is 12.2. The summed E-state index contributed by atoms with van der Waals surface area (Å²) in [4.78, 5) is 40.1. The van der Waals surface area contributed by atoms with Gasteiger partial charge < -0.3 is 15.2 Å². The van der Waals surface area contributed by atoms with E-state index in [2.05, 4.69) is 10.3 Å². The van der Waals surface area contributed by atoms with E-state index in [4.69, 9.17) is 0 Å². The summed E-state index contributed by atoms with van der Waals surface area (Å²) in [5.41, 5.74) is -0.0221. The number of aromatic nitrogens is 1. The minimum absolute atomic E-state index is 0.132. The van der Waals surface area contributed by atoms with E-state index < -0.39 is 0 Å². The summed E-state index contributed by atoms with van der Waals surface area (Å²) >= 11 is 0. The van der Waals surface area contributed by atoms with Crippen molar-refractivity contribution in [3.8, 4) is 0 Å². The van der Waals surface area contributed by atoms with Gasteiger partial charge in [-0.3, -0.25) is 14.4 Å². The molecule has 0 radical (unpaired) electrons. The molecule has 0 spiro atoms. The SMILES string of the molecule is O=C(Nc1ccc[nH]c1=O)C1CCN(C(=O)C2CC2)CC1. The Labute approximate surface area is 122 Å². The normalized spacial score (nSPS) is 19.3. The molecule has 2 N–H and O–H groups in total. The first-order valence-corrected chi connectivity index (χ1v) is 7.42. The molecule has 3 rings (SSSR count). The summed E-state index contributed by atoms with van der Waals surface area (Å²) in [6, 6.07) is 3.26. The van der Waals surface area contributed by atoms with Crippen LogP contribution in [0.1, 0.15) is 25.7 Å². The highest BCUT2D eigenvalue weighted by Crippen LogP contribution is 2.32. The molecule has 2 amide bonds. The van der Waals surface area contributed by atoms with Crippen LogP contribution in [-0.2, 0) is 9.59 Å². The topological polar surface area (TPSA) is 82.3 Å². The Morgan fingerprint density at radius 2 is 1.86 bits per heavy atom. The first kappa shape index (κ1) is 13.9. The highest BCUT2D eigenvalue weighted by molar-refractivity contribution is 5.92. The lowest BCUT2D eigenvalue weighted by Crippen LogP contribution is -2.42. The number of H-pyrrole nitrogens is 1. The molecular formula is C15H19N3O3. The second-order valence-corrected chi connectivity index (χ2v) is 5.78. The smallest absolute Gasteiger partial charge is 0.271 e. The molecule has 6 nitrogen and oxygen atoms in total. The maximum Gasteiger partial charge on any atom is 0.271 e. The van der Waals surface area contributed by atoms with E-state index in [-0.39, 0.29) is 34.9 Å². The minimum Gasteiger partial charge on any atom is -0.342 e. The van der Waals surface area contributed by atoms with Gasteiger partial charge in [-0.25, -0.2) is 0 Å². The van der Waals surface area contributed by atoms with Crippen molar-refractivity contribution in [3.05, 3.63) is 28.7 Å². The van der Waals surface area contributed by atoms with Crippen molar-refractivity contribution < 1.29 is 9.59 Å². The Morgan fingerprint density at radius 3 is 2.48 bits per heavy atom. The molecule has 0 bridgehead atoms. The summed E-state index contributed by atoms with van der Waals surface area (Å²) < 4.78 is 0. The predicted molar refractivity (Wildman–Crippen MR) is 77.7 cm³/mol. The Bertz CT molecular complexity index is 598. The lowest BCUT2D eigenvalue weighted by molar-refractivity contribution is -0.135. The number of hydrogen-bond donors (Lipinski definition) is 2. The fourth-order valence-electron chi connectivity index (χ4n) is 2.71. The molecule has 1 aromatic rings. The van der Waals surface area contributed by atoms with Crippen molar-refractivity contribution in [1.82, 2.24) is 9.88 Å². The maximum absolute atomic E-state index is 12.2. The largest absolute Gasteiger partial charge is 0.342 e. The zero-order chi connectivity index (χ0) is 14.8. The van der Waals surface area contributed by atoms with Gasteiger partial charge in [0.1, 0.15) is 5.69 Å².